The molecule has 0 bridgehead atoms. The van der Waals surface area contributed by atoms with Gasteiger partial charge >= 0.3 is 0 Å². The van der Waals surface area contributed by atoms with E-state index in [1.807, 2.05) is 20.0 Å². The Morgan fingerprint density at radius 2 is 2.32 bits per heavy atom. The van der Waals surface area contributed by atoms with Crippen molar-refractivity contribution in [2.45, 2.75) is 35.9 Å². The Morgan fingerprint density at radius 1 is 1.55 bits per heavy atom. The van der Waals surface area contributed by atoms with Gasteiger partial charge in [-0.3, -0.25) is 4.79 Å². The van der Waals surface area contributed by atoms with Crippen molar-refractivity contribution in [3.05, 3.63) is 29.5 Å². The summed E-state index contributed by atoms with van der Waals surface area (Å²) in [6.07, 6.45) is 3.14. The standard InChI is InChI=1S/C14H18ClN5OS/c1-3-4-11(16)13(21)18-9-5-6-12(10(15)7-9)22-14-19-17-8-20(14)2/h5-8,11H,3-4,16H2,1-2H3,(H,18,21). The van der Waals surface area contributed by atoms with Crippen LogP contribution in [0.3, 0.4) is 0 Å². The van der Waals surface area contributed by atoms with Crippen LogP contribution in [0, 0.1) is 0 Å². The molecule has 0 spiro atoms. The van der Waals surface area contributed by atoms with E-state index >= 15 is 0 Å². The second kappa shape index (κ2) is 7.62. The monoisotopic (exact) mass is 339 g/mol. The second-order valence-corrected chi connectivity index (χ2v) is 6.27. The van der Waals surface area contributed by atoms with Crippen molar-refractivity contribution in [2.24, 2.45) is 12.8 Å². The van der Waals surface area contributed by atoms with Gasteiger partial charge in [0.1, 0.15) is 6.33 Å². The van der Waals surface area contributed by atoms with Crippen LogP contribution >= 0.6 is 23.4 Å². The number of hydrogen-bond acceptors (Lipinski definition) is 5. The maximum absolute atomic E-state index is 11.9. The van der Waals surface area contributed by atoms with E-state index in [0.717, 1.165) is 16.5 Å². The zero-order chi connectivity index (χ0) is 16.1. The Hall–Kier alpha value is -1.57. The number of anilines is 1. The molecule has 118 valence electrons. The summed E-state index contributed by atoms with van der Waals surface area (Å²) in [5, 5.41) is 11.9. The van der Waals surface area contributed by atoms with Gasteiger partial charge in [-0.15, -0.1) is 10.2 Å². The molecule has 1 aromatic heterocycles. The van der Waals surface area contributed by atoms with E-state index in [4.69, 9.17) is 17.3 Å². The molecule has 0 radical (unpaired) electrons. The molecule has 2 rings (SSSR count). The first-order valence-electron chi connectivity index (χ1n) is 6.89. The molecule has 22 heavy (non-hydrogen) atoms. The number of benzene rings is 1. The van der Waals surface area contributed by atoms with E-state index in [1.54, 1.807) is 23.0 Å². The molecule has 1 aromatic carbocycles. The van der Waals surface area contributed by atoms with Gasteiger partial charge in [-0.05, 0) is 36.4 Å². The molecule has 0 fully saturated rings. The largest absolute Gasteiger partial charge is 0.325 e. The molecule has 0 saturated heterocycles. The van der Waals surface area contributed by atoms with Crippen LogP contribution in [-0.4, -0.2) is 26.7 Å². The van der Waals surface area contributed by atoms with Gasteiger partial charge in [0.05, 0.1) is 11.1 Å². The summed E-state index contributed by atoms with van der Waals surface area (Å²) in [6, 6.07) is 4.83. The minimum Gasteiger partial charge on any atom is -0.325 e. The van der Waals surface area contributed by atoms with Crippen molar-refractivity contribution in [1.82, 2.24) is 14.8 Å². The number of carbonyl (C=O) groups excluding carboxylic acids is 1. The number of halogens is 1. The molecule has 1 heterocycles. The van der Waals surface area contributed by atoms with Gasteiger partial charge in [0, 0.05) is 17.6 Å². The molecule has 0 aliphatic rings. The van der Waals surface area contributed by atoms with Gasteiger partial charge in [-0.1, -0.05) is 24.9 Å². The zero-order valence-electron chi connectivity index (χ0n) is 12.4. The Morgan fingerprint density at radius 3 is 2.91 bits per heavy atom. The molecular weight excluding hydrogens is 322 g/mol. The Kier molecular flexibility index (Phi) is 5.82. The average molecular weight is 340 g/mol. The number of aromatic nitrogens is 3. The van der Waals surface area contributed by atoms with Crippen molar-refractivity contribution in [2.75, 3.05) is 5.32 Å². The lowest BCUT2D eigenvalue weighted by Gasteiger charge is -2.12. The van der Waals surface area contributed by atoms with Gasteiger partial charge in [0.2, 0.25) is 5.91 Å². The SMILES string of the molecule is CCCC(N)C(=O)Nc1ccc(Sc2nncn2C)c(Cl)c1. The fourth-order valence-electron chi connectivity index (χ4n) is 1.80. The average Bonchev–Trinajstić information content (AvgIpc) is 2.87. The lowest BCUT2D eigenvalue weighted by molar-refractivity contribution is -0.117. The van der Waals surface area contributed by atoms with E-state index in [0.29, 0.717) is 17.1 Å². The van der Waals surface area contributed by atoms with Gasteiger partial charge in [-0.2, -0.15) is 0 Å². The summed E-state index contributed by atoms with van der Waals surface area (Å²) in [6.45, 7) is 1.99. The molecule has 1 amide bonds. The van der Waals surface area contributed by atoms with Gasteiger partial charge in [0.25, 0.3) is 0 Å². The topological polar surface area (TPSA) is 85.8 Å². The van der Waals surface area contributed by atoms with Crippen LogP contribution in [0.25, 0.3) is 0 Å². The van der Waals surface area contributed by atoms with E-state index in [-0.39, 0.29) is 5.91 Å². The smallest absolute Gasteiger partial charge is 0.241 e. The number of carbonyl (C=O) groups is 1. The van der Waals surface area contributed by atoms with Crippen molar-refractivity contribution in [3.8, 4) is 0 Å². The fraction of sp³-hybridized carbons (Fsp3) is 0.357. The van der Waals surface area contributed by atoms with Crippen molar-refractivity contribution in [1.29, 1.82) is 0 Å². The van der Waals surface area contributed by atoms with Crippen LogP contribution in [0.2, 0.25) is 5.02 Å². The molecular formula is C14H18ClN5OS. The lowest BCUT2D eigenvalue weighted by Crippen LogP contribution is -2.35. The highest BCUT2D eigenvalue weighted by Crippen LogP contribution is 2.33. The summed E-state index contributed by atoms with van der Waals surface area (Å²) in [7, 11) is 1.86. The predicted octanol–water partition coefficient (Wildman–Crippen LogP) is 2.69. The first-order chi connectivity index (χ1) is 10.5. The van der Waals surface area contributed by atoms with Crippen molar-refractivity contribution in [3.63, 3.8) is 0 Å². The molecule has 1 atom stereocenters. The van der Waals surface area contributed by atoms with Crippen LogP contribution in [0.15, 0.2) is 34.6 Å². The highest BCUT2D eigenvalue weighted by atomic mass is 35.5. The predicted molar refractivity (Wildman–Crippen MR) is 88.1 cm³/mol. The number of nitrogens with two attached hydrogens (primary N) is 1. The molecule has 6 nitrogen and oxygen atoms in total. The van der Waals surface area contributed by atoms with Gasteiger partial charge in [0.15, 0.2) is 5.16 Å². The normalized spacial score (nSPS) is 12.2. The third-order valence-electron chi connectivity index (χ3n) is 3.01. The molecule has 0 saturated carbocycles. The second-order valence-electron chi connectivity index (χ2n) is 4.86. The van der Waals surface area contributed by atoms with E-state index in [1.165, 1.54) is 11.8 Å². The van der Waals surface area contributed by atoms with Gasteiger partial charge < -0.3 is 15.6 Å². The molecule has 1 unspecified atom stereocenters. The quantitative estimate of drug-likeness (QED) is 0.845. The maximum Gasteiger partial charge on any atom is 0.241 e. The first-order valence-corrected chi connectivity index (χ1v) is 8.08. The minimum atomic E-state index is -0.503. The van der Waals surface area contributed by atoms with Crippen LogP contribution in [0.5, 0.6) is 0 Å². The summed E-state index contributed by atoms with van der Waals surface area (Å²) in [5.74, 6) is -0.202. The number of amides is 1. The van der Waals surface area contributed by atoms with E-state index in [9.17, 15) is 4.79 Å². The number of nitrogens with one attached hydrogen (secondary N) is 1. The molecule has 0 aliphatic heterocycles. The fourth-order valence-corrected chi connectivity index (χ4v) is 2.87. The van der Waals surface area contributed by atoms with Crippen LogP contribution in [0.1, 0.15) is 19.8 Å². The summed E-state index contributed by atoms with van der Waals surface area (Å²) < 4.78 is 1.81. The summed E-state index contributed by atoms with van der Waals surface area (Å²) >= 11 is 7.67. The number of hydrogen-bond donors (Lipinski definition) is 2. The first kappa shape index (κ1) is 16.8. The summed E-state index contributed by atoms with van der Waals surface area (Å²) in [4.78, 5) is 12.7. The van der Waals surface area contributed by atoms with Crippen LogP contribution in [-0.2, 0) is 11.8 Å². The lowest BCUT2D eigenvalue weighted by atomic mass is 10.1. The van der Waals surface area contributed by atoms with Crippen LogP contribution in [0.4, 0.5) is 5.69 Å². The third-order valence-corrected chi connectivity index (χ3v) is 4.56. The Bertz CT molecular complexity index is 660. The number of nitrogens with zero attached hydrogens (tertiary/aromatic N) is 3. The Labute approximate surface area is 138 Å². The maximum atomic E-state index is 11.9. The highest BCUT2D eigenvalue weighted by Gasteiger charge is 2.13. The summed E-state index contributed by atoms with van der Waals surface area (Å²) in [5.41, 5.74) is 6.41. The molecule has 8 heteroatoms. The highest BCUT2D eigenvalue weighted by molar-refractivity contribution is 7.99. The third kappa shape index (κ3) is 4.22. The number of aryl methyl sites for hydroxylation is 1. The van der Waals surface area contributed by atoms with Crippen LogP contribution < -0.4 is 11.1 Å². The van der Waals surface area contributed by atoms with E-state index < -0.39 is 6.04 Å². The molecule has 0 aliphatic carbocycles. The van der Waals surface area contributed by atoms with E-state index in [2.05, 4.69) is 15.5 Å². The van der Waals surface area contributed by atoms with Crippen molar-refractivity contribution >= 4 is 35.0 Å². The minimum absolute atomic E-state index is 0.202. The molecule has 3 N–H and O–H groups in total. The number of rotatable bonds is 6. The molecule has 2 aromatic rings. The Balaban J connectivity index is 2.06. The zero-order valence-corrected chi connectivity index (χ0v) is 14.0. The van der Waals surface area contributed by atoms with Crippen molar-refractivity contribution < 1.29 is 4.79 Å². The van der Waals surface area contributed by atoms with Gasteiger partial charge in [-0.25, -0.2) is 0 Å².